The van der Waals surface area contributed by atoms with Crippen molar-refractivity contribution in [3.05, 3.63) is 33.4 Å². The smallest absolute Gasteiger partial charge is 0.481 e. The van der Waals surface area contributed by atoms with Gasteiger partial charge in [0.25, 0.3) is 5.69 Å². The monoisotopic (exact) mass is 710 g/mol. The fourth-order valence-electron chi connectivity index (χ4n) is 7.50. The zero-order valence-corrected chi connectivity index (χ0v) is 27.8. The summed E-state index contributed by atoms with van der Waals surface area (Å²) >= 11 is 3.32. The Bertz CT molecular complexity index is 1260. The number of non-ortho nitro benzene ring substituents is 1. The van der Waals surface area contributed by atoms with Gasteiger partial charge < -0.3 is 29.7 Å². The third-order valence-corrected chi connectivity index (χ3v) is 9.84. The maximum atomic E-state index is 12.4. The Hall–Kier alpha value is -3.55. The zero-order valence-electron chi connectivity index (χ0n) is 26.2. The van der Waals surface area contributed by atoms with Gasteiger partial charge in [-0.05, 0) is 60.4 Å². The largest absolute Gasteiger partial charge is 0.495 e. The molecule has 1 aromatic rings. The number of benzene rings is 1. The Kier molecular flexibility index (Phi) is 13.7. The summed E-state index contributed by atoms with van der Waals surface area (Å²) in [5, 5.41) is 62.2. The summed E-state index contributed by atoms with van der Waals surface area (Å²) < 4.78 is 13.8. The molecular formula is C30H40BBrN2O12. The first kappa shape index (κ1) is 38.6. The number of alkyl halides is 1. The molecule has 1 heterocycles. The molecule has 252 valence electrons. The van der Waals surface area contributed by atoms with Gasteiger partial charge in [-0.3, -0.25) is 29.3 Å². The minimum atomic E-state index is -1.91. The molecule has 0 amide bonds. The van der Waals surface area contributed by atoms with E-state index in [1.54, 1.807) is 27.7 Å². The minimum Gasteiger partial charge on any atom is -0.481 e. The van der Waals surface area contributed by atoms with Crippen LogP contribution in [-0.4, -0.2) is 67.5 Å². The molecule has 16 heteroatoms. The van der Waals surface area contributed by atoms with Gasteiger partial charge in [0.1, 0.15) is 0 Å². The lowest BCUT2D eigenvalue weighted by Crippen LogP contribution is -2.68. The van der Waals surface area contributed by atoms with E-state index in [1.165, 1.54) is 0 Å². The second kappa shape index (κ2) is 16.3. The van der Waals surface area contributed by atoms with Crippen molar-refractivity contribution < 1.29 is 53.8 Å². The average molecular weight is 711 g/mol. The average Bonchev–Trinajstić information content (AvgIpc) is 3.35. The number of hydrogen-bond acceptors (Lipinski definition) is 9. The first-order valence-corrected chi connectivity index (χ1v) is 16.3. The summed E-state index contributed by atoms with van der Waals surface area (Å²) in [6.07, 6.45) is -1.84. The van der Waals surface area contributed by atoms with Crippen molar-refractivity contribution >= 4 is 58.1 Å². The van der Waals surface area contributed by atoms with Gasteiger partial charge in [-0.15, -0.1) is 0 Å². The van der Waals surface area contributed by atoms with Crippen molar-refractivity contribution in [3.8, 4) is 6.07 Å². The van der Waals surface area contributed by atoms with Crippen LogP contribution in [0.15, 0.2) is 12.1 Å². The molecule has 1 aromatic carbocycles. The fourth-order valence-corrected chi connectivity index (χ4v) is 8.13. The van der Waals surface area contributed by atoms with Crippen LogP contribution in [0.4, 0.5) is 5.69 Å². The number of carboxylic acids is 4. The van der Waals surface area contributed by atoms with Crippen molar-refractivity contribution in [1.82, 2.24) is 0 Å². The number of carboxylic acid groups (broad SMARTS) is 4. The topological polar surface area (TPSA) is 235 Å². The molecule has 0 bridgehead atoms. The van der Waals surface area contributed by atoms with E-state index >= 15 is 0 Å². The zero-order chi connectivity index (χ0) is 35.0. The second-order valence-corrected chi connectivity index (χ2v) is 12.1. The molecule has 1 saturated heterocycles. The van der Waals surface area contributed by atoms with Crippen LogP contribution >= 0.6 is 15.9 Å². The van der Waals surface area contributed by atoms with Gasteiger partial charge in [-0.1, -0.05) is 43.6 Å². The standard InChI is InChI=1S/C30H40BBrN2O12/c1-5-18(10-25(35)36)29(19(6-2)11-26(37)38)30(20(7-3)12-27(39)40,21(8-4)13-28(41)42)46-31(45-29)24-14-22(34(43)44)9-17(16-33)23(24)15-32/h9,14,18-21H,5-8,10-13,15H2,1-4H3,(H,35,36)(H,37,38)(H,39,40)(H,41,42). The minimum absolute atomic E-state index is 0.00374. The van der Waals surface area contributed by atoms with Gasteiger partial charge in [-0.25, -0.2) is 0 Å². The molecule has 2 rings (SSSR count). The fraction of sp³-hybridized carbons (Fsp3) is 0.633. The summed E-state index contributed by atoms with van der Waals surface area (Å²) in [5.74, 6) is -9.09. The SMILES string of the molecule is CCC(CC(=O)O)C1(C(CC)CC(=O)O)OB(c2cc([N+](=O)[O-])cc(C#N)c2CBr)OC1(C(CC)CC(=O)O)C(CC)CC(=O)O. The Labute approximate surface area is 275 Å². The van der Waals surface area contributed by atoms with E-state index in [9.17, 15) is 55.0 Å². The lowest BCUT2D eigenvalue weighted by molar-refractivity contribution is -0.384. The van der Waals surface area contributed by atoms with E-state index in [-0.39, 0.29) is 47.6 Å². The molecule has 14 nitrogen and oxygen atoms in total. The molecule has 0 spiro atoms. The van der Waals surface area contributed by atoms with Crippen molar-refractivity contribution in [1.29, 1.82) is 5.26 Å². The molecule has 4 atom stereocenters. The van der Waals surface area contributed by atoms with Crippen LogP contribution in [0.1, 0.15) is 90.2 Å². The van der Waals surface area contributed by atoms with E-state index in [0.717, 1.165) is 12.1 Å². The van der Waals surface area contributed by atoms with Crippen LogP contribution in [0.3, 0.4) is 0 Å². The molecule has 0 aromatic heterocycles. The Morgan fingerprint density at radius 3 is 1.41 bits per heavy atom. The number of nitro benzene ring substituents is 1. The van der Waals surface area contributed by atoms with E-state index in [1.807, 2.05) is 6.07 Å². The number of nitro groups is 1. The molecule has 0 aliphatic carbocycles. The van der Waals surface area contributed by atoms with Gasteiger partial charge in [0, 0.05) is 17.5 Å². The normalized spacial score (nSPS) is 22.0. The molecule has 1 aliphatic rings. The van der Waals surface area contributed by atoms with Crippen LogP contribution in [0, 0.1) is 45.1 Å². The number of halogens is 1. The number of nitriles is 1. The highest BCUT2D eigenvalue weighted by atomic mass is 79.9. The van der Waals surface area contributed by atoms with Gasteiger partial charge >= 0.3 is 31.0 Å². The number of carbonyl (C=O) groups is 4. The molecule has 0 radical (unpaired) electrons. The number of hydrogen-bond donors (Lipinski definition) is 4. The van der Waals surface area contributed by atoms with Crippen molar-refractivity contribution in [2.45, 2.75) is 95.6 Å². The van der Waals surface area contributed by atoms with Crippen LogP contribution < -0.4 is 5.46 Å². The Balaban J connectivity index is 3.30. The second-order valence-electron chi connectivity index (χ2n) is 11.5. The third kappa shape index (κ3) is 7.53. The number of rotatable bonds is 19. The van der Waals surface area contributed by atoms with Crippen LogP contribution in [0.2, 0.25) is 0 Å². The van der Waals surface area contributed by atoms with Gasteiger partial charge in [0.15, 0.2) is 0 Å². The van der Waals surface area contributed by atoms with Gasteiger partial charge in [0.05, 0.1) is 53.4 Å². The molecule has 4 N–H and O–H groups in total. The van der Waals surface area contributed by atoms with Crippen molar-refractivity contribution in [2.24, 2.45) is 23.7 Å². The molecule has 1 fully saturated rings. The molecule has 0 saturated carbocycles. The van der Waals surface area contributed by atoms with E-state index in [2.05, 4.69) is 15.9 Å². The van der Waals surface area contributed by atoms with Crippen LogP contribution in [0.5, 0.6) is 0 Å². The summed E-state index contributed by atoms with van der Waals surface area (Å²) in [6, 6.07) is 4.16. The highest BCUT2D eigenvalue weighted by molar-refractivity contribution is 9.08. The van der Waals surface area contributed by atoms with Gasteiger partial charge in [-0.2, -0.15) is 5.26 Å². The summed E-state index contributed by atoms with van der Waals surface area (Å²) in [5.41, 5.74) is -4.10. The van der Waals surface area contributed by atoms with Crippen LogP contribution in [0.25, 0.3) is 0 Å². The highest BCUT2D eigenvalue weighted by Crippen LogP contribution is 2.60. The summed E-state index contributed by atoms with van der Waals surface area (Å²) in [4.78, 5) is 60.8. The number of nitrogens with zero attached hydrogens (tertiary/aromatic N) is 2. The Morgan fingerprint density at radius 1 is 0.826 bits per heavy atom. The quantitative estimate of drug-likeness (QED) is 0.0666. The maximum Gasteiger partial charge on any atom is 0.495 e. The predicted molar refractivity (Wildman–Crippen MR) is 168 cm³/mol. The van der Waals surface area contributed by atoms with Crippen molar-refractivity contribution in [3.63, 3.8) is 0 Å². The lowest BCUT2D eigenvalue weighted by atomic mass is 9.53. The van der Waals surface area contributed by atoms with Crippen molar-refractivity contribution in [2.75, 3.05) is 0 Å². The molecule has 4 unspecified atom stereocenters. The maximum absolute atomic E-state index is 12.4. The molecule has 1 aliphatic heterocycles. The number of aliphatic carboxylic acids is 4. The van der Waals surface area contributed by atoms with E-state index in [4.69, 9.17) is 9.31 Å². The highest BCUT2D eigenvalue weighted by Gasteiger charge is 2.72. The predicted octanol–water partition coefficient (Wildman–Crippen LogP) is 4.58. The van der Waals surface area contributed by atoms with Crippen LogP contribution in [-0.2, 0) is 33.8 Å². The first-order chi connectivity index (χ1) is 21.6. The lowest BCUT2D eigenvalue weighted by Gasteiger charge is -2.58. The van der Waals surface area contributed by atoms with Gasteiger partial charge in [0.2, 0.25) is 0 Å². The summed E-state index contributed by atoms with van der Waals surface area (Å²) in [7, 11) is -1.59. The third-order valence-electron chi connectivity index (χ3n) is 9.28. The molecular weight excluding hydrogens is 671 g/mol. The molecule has 46 heavy (non-hydrogen) atoms. The first-order valence-electron chi connectivity index (χ1n) is 15.1. The summed E-state index contributed by atoms with van der Waals surface area (Å²) in [6.45, 7) is 6.69. The van der Waals surface area contributed by atoms with E-state index < -0.39 is 102 Å². The Morgan fingerprint density at radius 2 is 1.17 bits per heavy atom. The van der Waals surface area contributed by atoms with E-state index in [0.29, 0.717) is 0 Å².